The van der Waals surface area contributed by atoms with E-state index in [1.165, 1.54) is 5.56 Å². The van der Waals surface area contributed by atoms with Crippen molar-refractivity contribution in [2.75, 3.05) is 6.54 Å². The van der Waals surface area contributed by atoms with Gasteiger partial charge in [0, 0.05) is 37.1 Å². The minimum atomic E-state index is 0.780. The van der Waals surface area contributed by atoms with Crippen molar-refractivity contribution in [3.05, 3.63) is 53.1 Å². The Labute approximate surface area is 106 Å². The molecule has 2 aromatic rings. The van der Waals surface area contributed by atoms with E-state index in [-0.39, 0.29) is 0 Å². The highest BCUT2D eigenvalue weighted by molar-refractivity contribution is 6.30. The number of benzene rings is 1. The zero-order chi connectivity index (χ0) is 12.1. The SMILES string of the molecule is Cc1nccn1CCNCc1ccc(Cl)cc1. The normalized spacial score (nSPS) is 10.7. The van der Waals surface area contributed by atoms with Crippen LogP contribution in [0.25, 0.3) is 0 Å². The Balaban J connectivity index is 1.73. The molecule has 1 heterocycles. The molecule has 1 aromatic carbocycles. The molecule has 0 spiro atoms. The first-order chi connectivity index (χ1) is 8.25. The summed E-state index contributed by atoms with van der Waals surface area (Å²) < 4.78 is 2.13. The van der Waals surface area contributed by atoms with Gasteiger partial charge in [-0.05, 0) is 24.6 Å². The third-order valence-electron chi connectivity index (χ3n) is 2.70. The van der Waals surface area contributed by atoms with E-state index in [1.54, 1.807) is 0 Å². The quantitative estimate of drug-likeness (QED) is 0.826. The van der Waals surface area contributed by atoms with Crippen LogP contribution in [0, 0.1) is 6.92 Å². The second-order valence-electron chi connectivity index (χ2n) is 3.97. The first-order valence-electron chi connectivity index (χ1n) is 5.68. The molecule has 0 bridgehead atoms. The Hall–Kier alpha value is -1.32. The van der Waals surface area contributed by atoms with E-state index in [9.17, 15) is 0 Å². The number of imidazole rings is 1. The lowest BCUT2D eigenvalue weighted by atomic mass is 10.2. The van der Waals surface area contributed by atoms with Gasteiger partial charge in [0.2, 0.25) is 0 Å². The molecule has 3 nitrogen and oxygen atoms in total. The maximum Gasteiger partial charge on any atom is 0.105 e. The van der Waals surface area contributed by atoms with Crippen LogP contribution in [0.15, 0.2) is 36.7 Å². The highest BCUT2D eigenvalue weighted by atomic mass is 35.5. The molecule has 17 heavy (non-hydrogen) atoms. The number of rotatable bonds is 5. The van der Waals surface area contributed by atoms with Crippen LogP contribution in [0.4, 0.5) is 0 Å². The third-order valence-corrected chi connectivity index (χ3v) is 2.95. The van der Waals surface area contributed by atoms with Crippen LogP contribution in [0.5, 0.6) is 0 Å². The number of nitrogens with one attached hydrogen (secondary N) is 1. The van der Waals surface area contributed by atoms with E-state index in [2.05, 4.69) is 14.9 Å². The molecule has 2 rings (SSSR count). The van der Waals surface area contributed by atoms with Gasteiger partial charge in [0.15, 0.2) is 0 Å². The lowest BCUT2D eigenvalue weighted by molar-refractivity contribution is 0.587. The summed E-state index contributed by atoms with van der Waals surface area (Å²) in [6.07, 6.45) is 3.83. The summed E-state index contributed by atoms with van der Waals surface area (Å²) in [6, 6.07) is 7.91. The van der Waals surface area contributed by atoms with Gasteiger partial charge in [-0.2, -0.15) is 0 Å². The van der Waals surface area contributed by atoms with Crippen LogP contribution in [0.1, 0.15) is 11.4 Å². The predicted octanol–water partition coefficient (Wildman–Crippen LogP) is 2.63. The molecule has 1 aromatic heterocycles. The molecule has 90 valence electrons. The van der Waals surface area contributed by atoms with Gasteiger partial charge in [0.1, 0.15) is 5.82 Å². The Morgan fingerprint density at radius 1 is 1.29 bits per heavy atom. The van der Waals surface area contributed by atoms with Crippen molar-refractivity contribution in [3.8, 4) is 0 Å². The van der Waals surface area contributed by atoms with Gasteiger partial charge >= 0.3 is 0 Å². The van der Waals surface area contributed by atoms with Gasteiger partial charge in [-0.3, -0.25) is 0 Å². The molecule has 0 aliphatic rings. The van der Waals surface area contributed by atoms with Crippen molar-refractivity contribution in [2.24, 2.45) is 0 Å². The van der Waals surface area contributed by atoms with E-state index in [0.29, 0.717) is 0 Å². The number of halogens is 1. The van der Waals surface area contributed by atoms with E-state index < -0.39 is 0 Å². The van der Waals surface area contributed by atoms with Crippen molar-refractivity contribution >= 4 is 11.6 Å². The maximum atomic E-state index is 5.83. The molecule has 0 unspecified atom stereocenters. The van der Waals surface area contributed by atoms with Gasteiger partial charge in [0.25, 0.3) is 0 Å². The standard InChI is InChI=1S/C13H16ClN3/c1-11-16-7-9-17(11)8-6-15-10-12-2-4-13(14)5-3-12/h2-5,7,9,15H,6,8,10H2,1H3. The Bertz CT molecular complexity index is 462. The zero-order valence-corrected chi connectivity index (χ0v) is 10.6. The number of hydrogen-bond donors (Lipinski definition) is 1. The molecular weight excluding hydrogens is 234 g/mol. The minimum Gasteiger partial charge on any atom is -0.334 e. The van der Waals surface area contributed by atoms with E-state index in [4.69, 9.17) is 11.6 Å². The maximum absolute atomic E-state index is 5.83. The smallest absolute Gasteiger partial charge is 0.105 e. The first kappa shape index (κ1) is 12.1. The number of aromatic nitrogens is 2. The molecule has 4 heteroatoms. The number of aryl methyl sites for hydroxylation is 1. The zero-order valence-electron chi connectivity index (χ0n) is 9.86. The summed E-state index contributed by atoms with van der Waals surface area (Å²) >= 11 is 5.83. The fourth-order valence-corrected chi connectivity index (χ4v) is 1.80. The van der Waals surface area contributed by atoms with Crippen LogP contribution in [-0.2, 0) is 13.1 Å². The first-order valence-corrected chi connectivity index (χ1v) is 6.06. The highest BCUT2D eigenvalue weighted by Crippen LogP contribution is 2.08. The molecule has 0 amide bonds. The van der Waals surface area contributed by atoms with Crippen LogP contribution < -0.4 is 5.32 Å². The Morgan fingerprint density at radius 2 is 2.06 bits per heavy atom. The summed E-state index contributed by atoms with van der Waals surface area (Å²) in [5.41, 5.74) is 1.25. The van der Waals surface area contributed by atoms with Crippen LogP contribution in [0.3, 0.4) is 0 Å². The van der Waals surface area contributed by atoms with Crippen molar-refractivity contribution in [3.63, 3.8) is 0 Å². The van der Waals surface area contributed by atoms with E-state index >= 15 is 0 Å². The molecule has 0 aliphatic heterocycles. The largest absolute Gasteiger partial charge is 0.334 e. The van der Waals surface area contributed by atoms with E-state index in [1.807, 2.05) is 43.6 Å². The fraction of sp³-hybridized carbons (Fsp3) is 0.308. The second-order valence-corrected chi connectivity index (χ2v) is 4.41. The predicted molar refractivity (Wildman–Crippen MR) is 70.1 cm³/mol. The molecule has 0 fully saturated rings. The van der Waals surface area contributed by atoms with Gasteiger partial charge < -0.3 is 9.88 Å². The van der Waals surface area contributed by atoms with Gasteiger partial charge in [0.05, 0.1) is 0 Å². The van der Waals surface area contributed by atoms with Crippen molar-refractivity contribution in [1.29, 1.82) is 0 Å². The molecule has 0 aliphatic carbocycles. The Morgan fingerprint density at radius 3 is 2.71 bits per heavy atom. The van der Waals surface area contributed by atoms with Gasteiger partial charge in [-0.1, -0.05) is 23.7 Å². The lowest BCUT2D eigenvalue weighted by Crippen LogP contribution is -2.19. The lowest BCUT2D eigenvalue weighted by Gasteiger charge is -2.07. The molecule has 0 radical (unpaired) electrons. The summed E-state index contributed by atoms with van der Waals surface area (Å²) in [4.78, 5) is 4.18. The number of nitrogens with zero attached hydrogens (tertiary/aromatic N) is 2. The summed E-state index contributed by atoms with van der Waals surface area (Å²) in [6.45, 7) is 4.75. The Kier molecular flexibility index (Phi) is 4.18. The topological polar surface area (TPSA) is 29.9 Å². The second kappa shape index (κ2) is 5.84. The van der Waals surface area contributed by atoms with Crippen LogP contribution in [0.2, 0.25) is 5.02 Å². The summed E-state index contributed by atoms with van der Waals surface area (Å²) in [5.74, 6) is 1.05. The average molecular weight is 250 g/mol. The monoisotopic (exact) mass is 249 g/mol. The molecular formula is C13H16ClN3. The van der Waals surface area contributed by atoms with Gasteiger partial charge in [-0.15, -0.1) is 0 Å². The van der Waals surface area contributed by atoms with Gasteiger partial charge in [-0.25, -0.2) is 4.98 Å². The molecule has 0 saturated carbocycles. The third kappa shape index (κ3) is 3.58. The van der Waals surface area contributed by atoms with Crippen molar-refractivity contribution in [1.82, 2.24) is 14.9 Å². The van der Waals surface area contributed by atoms with Crippen LogP contribution in [-0.4, -0.2) is 16.1 Å². The minimum absolute atomic E-state index is 0.780. The summed E-state index contributed by atoms with van der Waals surface area (Å²) in [5, 5.41) is 4.18. The van der Waals surface area contributed by atoms with Crippen LogP contribution >= 0.6 is 11.6 Å². The average Bonchev–Trinajstić information content (AvgIpc) is 2.73. The highest BCUT2D eigenvalue weighted by Gasteiger charge is 1.96. The van der Waals surface area contributed by atoms with E-state index in [0.717, 1.165) is 30.5 Å². The summed E-state index contributed by atoms with van der Waals surface area (Å²) in [7, 11) is 0. The number of hydrogen-bond acceptors (Lipinski definition) is 2. The molecule has 0 atom stereocenters. The van der Waals surface area contributed by atoms with Crippen molar-refractivity contribution in [2.45, 2.75) is 20.0 Å². The molecule has 1 N–H and O–H groups in total. The molecule has 0 saturated heterocycles. The van der Waals surface area contributed by atoms with Crippen molar-refractivity contribution < 1.29 is 0 Å². The fourth-order valence-electron chi connectivity index (χ4n) is 1.67.